The third-order valence-electron chi connectivity index (χ3n) is 6.13. The van der Waals surface area contributed by atoms with Crippen molar-refractivity contribution in [3.8, 4) is 23.3 Å². The van der Waals surface area contributed by atoms with Gasteiger partial charge in [-0.3, -0.25) is 4.79 Å². The van der Waals surface area contributed by atoms with Crippen LogP contribution in [0.25, 0.3) is 11.0 Å². The lowest BCUT2D eigenvalue weighted by Crippen LogP contribution is -2.23. The molecule has 9 nitrogen and oxygen atoms in total. The highest BCUT2D eigenvalue weighted by molar-refractivity contribution is 7.90. The standard InChI is InChI=1S/C29H27F3N4O5S/c1-40-21-8-6-19(7-9-21)16-34-28(37)23-13-20(14-25-27(23)35-18-36(25)17-29(30,31)32)5-4-12-33-24-11-10-22(42(3,38)39)15-26(24)41-2/h6-11,13-15,18,33H,12,16-17H2,1-3H3,(H,34,37). The zero-order chi connectivity index (χ0) is 30.5. The number of amides is 1. The number of aromatic nitrogens is 2. The van der Waals surface area contributed by atoms with E-state index in [9.17, 15) is 26.4 Å². The summed E-state index contributed by atoms with van der Waals surface area (Å²) in [5.74, 6) is 6.19. The molecule has 0 saturated carbocycles. The number of rotatable bonds is 9. The van der Waals surface area contributed by atoms with Gasteiger partial charge in [-0.1, -0.05) is 24.0 Å². The van der Waals surface area contributed by atoms with E-state index in [4.69, 9.17) is 9.47 Å². The number of carbonyl (C=O) groups excluding carboxylic acids is 1. The van der Waals surface area contributed by atoms with Crippen LogP contribution in [0.1, 0.15) is 21.5 Å². The minimum atomic E-state index is -4.50. The zero-order valence-corrected chi connectivity index (χ0v) is 23.7. The van der Waals surface area contributed by atoms with Gasteiger partial charge in [0.05, 0.1) is 48.8 Å². The summed E-state index contributed by atoms with van der Waals surface area (Å²) in [6.45, 7) is -1.01. The summed E-state index contributed by atoms with van der Waals surface area (Å²) in [6, 6.07) is 14.4. The van der Waals surface area contributed by atoms with Gasteiger partial charge in [0.15, 0.2) is 9.84 Å². The lowest BCUT2D eigenvalue weighted by molar-refractivity contribution is -0.139. The van der Waals surface area contributed by atoms with Gasteiger partial charge in [0.25, 0.3) is 5.91 Å². The Bertz CT molecular complexity index is 1770. The summed E-state index contributed by atoms with van der Waals surface area (Å²) < 4.78 is 74.6. The van der Waals surface area contributed by atoms with E-state index in [1.165, 1.54) is 31.4 Å². The van der Waals surface area contributed by atoms with E-state index in [1.54, 1.807) is 37.4 Å². The van der Waals surface area contributed by atoms with Gasteiger partial charge in [0, 0.05) is 24.4 Å². The molecule has 220 valence electrons. The van der Waals surface area contributed by atoms with Crippen LogP contribution in [0.3, 0.4) is 0 Å². The monoisotopic (exact) mass is 600 g/mol. The maximum absolute atomic E-state index is 13.2. The summed E-state index contributed by atoms with van der Waals surface area (Å²) in [5, 5.41) is 5.80. The summed E-state index contributed by atoms with van der Waals surface area (Å²) in [4.78, 5) is 17.3. The van der Waals surface area contributed by atoms with E-state index in [-0.39, 0.29) is 34.6 Å². The largest absolute Gasteiger partial charge is 0.497 e. The number of nitrogens with zero attached hydrogens (tertiary/aromatic N) is 2. The fourth-order valence-corrected chi connectivity index (χ4v) is 4.72. The lowest BCUT2D eigenvalue weighted by atomic mass is 10.1. The normalized spacial score (nSPS) is 11.5. The Morgan fingerprint density at radius 1 is 1.05 bits per heavy atom. The van der Waals surface area contributed by atoms with Crippen LogP contribution in [0.2, 0.25) is 0 Å². The smallest absolute Gasteiger partial charge is 0.406 e. The molecule has 3 aromatic carbocycles. The highest BCUT2D eigenvalue weighted by Crippen LogP contribution is 2.28. The van der Waals surface area contributed by atoms with Crippen LogP contribution in [-0.4, -0.2) is 57.1 Å². The Morgan fingerprint density at radius 3 is 2.43 bits per heavy atom. The maximum atomic E-state index is 13.2. The van der Waals surface area contributed by atoms with E-state index >= 15 is 0 Å². The van der Waals surface area contributed by atoms with Crippen molar-refractivity contribution in [3.05, 3.63) is 77.6 Å². The van der Waals surface area contributed by atoms with Gasteiger partial charge in [-0.15, -0.1) is 0 Å². The summed E-state index contributed by atoms with van der Waals surface area (Å²) >= 11 is 0. The molecule has 0 spiro atoms. The highest BCUT2D eigenvalue weighted by atomic mass is 32.2. The number of nitrogens with one attached hydrogen (secondary N) is 2. The highest BCUT2D eigenvalue weighted by Gasteiger charge is 2.29. The number of hydrogen-bond acceptors (Lipinski definition) is 7. The Balaban J connectivity index is 1.59. The maximum Gasteiger partial charge on any atom is 0.406 e. The number of carbonyl (C=O) groups is 1. The molecule has 0 unspecified atom stereocenters. The molecule has 0 saturated heterocycles. The first-order valence-electron chi connectivity index (χ1n) is 12.5. The molecule has 1 heterocycles. The van der Waals surface area contributed by atoms with Crippen LogP contribution in [0.15, 0.2) is 65.8 Å². The first kappa shape index (κ1) is 30.3. The molecule has 4 rings (SSSR count). The van der Waals surface area contributed by atoms with Crippen molar-refractivity contribution in [2.45, 2.75) is 24.2 Å². The number of hydrogen-bond donors (Lipinski definition) is 2. The van der Waals surface area contributed by atoms with Gasteiger partial charge in [-0.25, -0.2) is 13.4 Å². The molecule has 0 fully saturated rings. The molecular formula is C29H27F3N4O5S. The summed E-state index contributed by atoms with van der Waals surface area (Å²) in [6.07, 6.45) is -2.36. The van der Waals surface area contributed by atoms with Crippen LogP contribution in [-0.2, 0) is 22.9 Å². The molecule has 0 radical (unpaired) electrons. The number of halogens is 3. The number of anilines is 1. The fourth-order valence-electron chi connectivity index (χ4n) is 4.08. The molecule has 0 atom stereocenters. The number of benzene rings is 3. The first-order chi connectivity index (χ1) is 19.9. The topological polar surface area (TPSA) is 112 Å². The number of ether oxygens (including phenoxy) is 2. The second kappa shape index (κ2) is 12.4. The minimum absolute atomic E-state index is 0.0808. The van der Waals surface area contributed by atoms with E-state index in [0.29, 0.717) is 22.7 Å². The molecule has 0 bridgehead atoms. The molecule has 42 heavy (non-hydrogen) atoms. The van der Waals surface area contributed by atoms with Crippen molar-refractivity contribution in [1.29, 1.82) is 0 Å². The van der Waals surface area contributed by atoms with Gasteiger partial charge in [-0.05, 0) is 42.0 Å². The predicted octanol–water partition coefficient (Wildman–Crippen LogP) is 4.41. The summed E-state index contributed by atoms with van der Waals surface area (Å²) in [5.41, 5.74) is 1.91. The number of methoxy groups -OCH3 is 2. The van der Waals surface area contributed by atoms with Crippen molar-refractivity contribution >= 4 is 32.5 Å². The third kappa shape index (κ3) is 7.52. The zero-order valence-electron chi connectivity index (χ0n) is 22.9. The van der Waals surface area contributed by atoms with Gasteiger partial charge >= 0.3 is 6.18 Å². The van der Waals surface area contributed by atoms with Crippen LogP contribution in [0.5, 0.6) is 11.5 Å². The molecule has 0 aliphatic carbocycles. The molecule has 0 aliphatic heterocycles. The quantitative estimate of drug-likeness (QED) is 0.274. The molecule has 13 heteroatoms. The van der Waals surface area contributed by atoms with Crippen LogP contribution in [0.4, 0.5) is 18.9 Å². The molecule has 1 amide bonds. The molecular weight excluding hydrogens is 573 g/mol. The van der Waals surface area contributed by atoms with E-state index in [2.05, 4.69) is 27.5 Å². The van der Waals surface area contributed by atoms with Crippen LogP contribution >= 0.6 is 0 Å². The second-order valence-corrected chi connectivity index (χ2v) is 11.2. The average molecular weight is 601 g/mol. The number of imidazole rings is 1. The number of sulfone groups is 1. The molecule has 4 aromatic rings. The van der Waals surface area contributed by atoms with Crippen LogP contribution < -0.4 is 20.1 Å². The van der Waals surface area contributed by atoms with Gasteiger partial charge in [-0.2, -0.15) is 13.2 Å². The Kier molecular flexibility index (Phi) is 8.96. The second-order valence-electron chi connectivity index (χ2n) is 9.20. The Labute approximate surface area is 240 Å². The van der Waals surface area contributed by atoms with Crippen molar-refractivity contribution < 1.29 is 35.9 Å². The number of fused-ring (bicyclic) bond motifs is 1. The van der Waals surface area contributed by atoms with Gasteiger partial charge in [0.1, 0.15) is 23.6 Å². The molecule has 0 aliphatic rings. The van der Waals surface area contributed by atoms with Crippen LogP contribution in [0, 0.1) is 11.8 Å². The van der Waals surface area contributed by atoms with Crippen molar-refractivity contribution in [1.82, 2.24) is 14.9 Å². The van der Waals surface area contributed by atoms with E-state index < -0.39 is 28.5 Å². The van der Waals surface area contributed by atoms with Crippen molar-refractivity contribution in [2.75, 3.05) is 32.3 Å². The Hall–Kier alpha value is -4.70. The molecule has 2 N–H and O–H groups in total. The molecule has 1 aromatic heterocycles. The Morgan fingerprint density at radius 2 is 1.79 bits per heavy atom. The van der Waals surface area contributed by atoms with E-state index in [0.717, 1.165) is 22.7 Å². The fraction of sp³-hybridized carbons (Fsp3) is 0.241. The lowest BCUT2D eigenvalue weighted by Gasteiger charge is -2.11. The predicted molar refractivity (Wildman–Crippen MR) is 151 cm³/mol. The third-order valence-corrected chi connectivity index (χ3v) is 7.24. The van der Waals surface area contributed by atoms with Crippen molar-refractivity contribution in [2.24, 2.45) is 0 Å². The van der Waals surface area contributed by atoms with Crippen molar-refractivity contribution in [3.63, 3.8) is 0 Å². The van der Waals surface area contributed by atoms with E-state index in [1.807, 2.05) is 0 Å². The van der Waals surface area contributed by atoms with Gasteiger partial charge < -0.3 is 24.7 Å². The SMILES string of the molecule is COc1ccc(CNC(=O)c2cc(C#CCNc3ccc(S(C)(=O)=O)cc3OC)cc3c2ncn3CC(F)(F)F)cc1. The number of alkyl halides is 3. The van der Waals surface area contributed by atoms with Gasteiger partial charge in [0.2, 0.25) is 0 Å². The minimum Gasteiger partial charge on any atom is -0.497 e. The summed E-state index contributed by atoms with van der Waals surface area (Å²) in [7, 11) is -0.483. The first-order valence-corrected chi connectivity index (χ1v) is 14.3. The average Bonchev–Trinajstić information content (AvgIpc) is 3.34.